The van der Waals surface area contributed by atoms with Gasteiger partial charge < -0.3 is 5.32 Å². The molecule has 1 amide bonds. The molecule has 1 aromatic rings. The summed E-state index contributed by atoms with van der Waals surface area (Å²) in [6.45, 7) is 0.325. The standard InChI is InChI=1S/C12H15N5OS/c13-7-12(4-1-5-12)10(18)14-6-9-15-16-11(19)17(9)8-2-3-8/h8H,1-6H2,(H,14,18)(H,16,19). The highest BCUT2D eigenvalue weighted by Gasteiger charge is 2.44. The van der Waals surface area contributed by atoms with Crippen molar-refractivity contribution in [3.8, 4) is 6.07 Å². The van der Waals surface area contributed by atoms with Gasteiger partial charge in [0.25, 0.3) is 0 Å². The Balaban J connectivity index is 1.68. The van der Waals surface area contributed by atoms with Crippen LogP contribution in [0.25, 0.3) is 0 Å². The first-order valence-corrected chi connectivity index (χ1v) is 6.92. The van der Waals surface area contributed by atoms with E-state index in [1.165, 1.54) is 0 Å². The van der Waals surface area contributed by atoms with E-state index < -0.39 is 5.41 Å². The van der Waals surface area contributed by atoms with Gasteiger partial charge in [0.05, 0.1) is 12.6 Å². The first-order valence-electron chi connectivity index (χ1n) is 6.52. The van der Waals surface area contributed by atoms with Crippen molar-refractivity contribution in [1.29, 1.82) is 5.26 Å². The van der Waals surface area contributed by atoms with Gasteiger partial charge in [-0.25, -0.2) is 0 Å². The maximum atomic E-state index is 12.0. The van der Waals surface area contributed by atoms with E-state index in [0.717, 1.165) is 25.1 Å². The van der Waals surface area contributed by atoms with Gasteiger partial charge in [0.15, 0.2) is 10.6 Å². The molecule has 2 fully saturated rings. The molecule has 3 rings (SSSR count). The number of amides is 1. The molecular weight excluding hydrogens is 262 g/mol. The minimum Gasteiger partial charge on any atom is -0.347 e. The number of carbonyl (C=O) groups is 1. The van der Waals surface area contributed by atoms with E-state index in [1.807, 2.05) is 4.57 Å². The molecule has 0 spiro atoms. The molecule has 2 saturated carbocycles. The van der Waals surface area contributed by atoms with Crippen LogP contribution in [-0.4, -0.2) is 20.7 Å². The van der Waals surface area contributed by atoms with Crippen molar-refractivity contribution in [3.63, 3.8) is 0 Å². The zero-order valence-corrected chi connectivity index (χ0v) is 11.3. The molecule has 6 nitrogen and oxygen atoms in total. The van der Waals surface area contributed by atoms with Crippen molar-refractivity contribution in [2.24, 2.45) is 5.41 Å². The molecule has 100 valence electrons. The van der Waals surface area contributed by atoms with Crippen LogP contribution >= 0.6 is 12.2 Å². The molecule has 0 aliphatic heterocycles. The SMILES string of the molecule is N#CC1(C(=O)NCc2n[nH]c(=S)n2C2CC2)CCC1. The molecule has 0 atom stereocenters. The summed E-state index contributed by atoms with van der Waals surface area (Å²) in [5, 5.41) is 18.8. The van der Waals surface area contributed by atoms with Crippen molar-refractivity contribution in [1.82, 2.24) is 20.1 Å². The molecular formula is C12H15N5OS. The number of nitrogens with zero attached hydrogens (tertiary/aromatic N) is 3. The van der Waals surface area contributed by atoms with Gasteiger partial charge in [-0.05, 0) is 44.3 Å². The predicted molar refractivity (Wildman–Crippen MR) is 69.4 cm³/mol. The summed E-state index contributed by atoms with van der Waals surface area (Å²) in [7, 11) is 0. The summed E-state index contributed by atoms with van der Waals surface area (Å²) >= 11 is 5.18. The van der Waals surface area contributed by atoms with Crippen LogP contribution in [0.5, 0.6) is 0 Å². The number of nitrogens with one attached hydrogen (secondary N) is 2. The number of rotatable bonds is 4. The number of aromatic nitrogens is 3. The van der Waals surface area contributed by atoms with Gasteiger partial charge in [-0.15, -0.1) is 0 Å². The molecule has 0 unspecified atom stereocenters. The van der Waals surface area contributed by atoms with Crippen molar-refractivity contribution < 1.29 is 4.79 Å². The van der Waals surface area contributed by atoms with Gasteiger partial charge in [0, 0.05) is 6.04 Å². The Kier molecular flexibility index (Phi) is 2.90. The first kappa shape index (κ1) is 12.4. The van der Waals surface area contributed by atoms with Gasteiger partial charge in [0.2, 0.25) is 5.91 Å². The van der Waals surface area contributed by atoms with Crippen molar-refractivity contribution in [3.05, 3.63) is 10.6 Å². The zero-order chi connectivity index (χ0) is 13.5. The van der Waals surface area contributed by atoms with Crippen LogP contribution in [0.15, 0.2) is 0 Å². The third kappa shape index (κ3) is 2.06. The Morgan fingerprint density at radius 3 is 2.89 bits per heavy atom. The molecule has 19 heavy (non-hydrogen) atoms. The molecule has 0 saturated heterocycles. The summed E-state index contributed by atoms with van der Waals surface area (Å²) in [5.74, 6) is 0.561. The molecule has 0 aromatic carbocycles. The molecule has 2 aliphatic rings. The Morgan fingerprint density at radius 2 is 2.37 bits per heavy atom. The second-order valence-electron chi connectivity index (χ2n) is 5.28. The van der Waals surface area contributed by atoms with Gasteiger partial charge >= 0.3 is 0 Å². The van der Waals surface area contributed by atoms with Gasteiger partial charge in [-0.3, -0.25) is 14.5 Å². The largest absolute Gasteiger partial charge is 0.347 e. The summed E-state index contributed by atoms with van der Waals surface area (Å²) in [4.78, 5) is 12.0. The Labute approximate surface area is 115 Å². The lowest BCUT2D eigenvalue weighted by Crippen LogP contribution is -2.44. The predicted octanol–water partition coefficient (Wildman–Crippen LogP) is 1.59. The summed E-state index contributed by atoms with van der Waals surface area (Å²) in [6.07, 6.45) is 4.48. The highest BCUT2D eigenvalue weighted by atomic mass is 32.1. The van der Waals surface area contributed by atoms with Crippen LogP contribution in [-0.2, 0) is 11.3 Å². The highest BCUT2D eigenvalue weighted by Crippen LogP contribution is 2.40. The van der Waals surface area contributed by atoms with Crippen molar-refractivity contribution >= 4 is 18.1 Å². The molecule has 2 aliphatic carbocycles. The van der Waals surface area contributed by atoms with E-state index >= 15 is 0 Å². The first-order chi connectivity index (χ1) is 9.16. The minimum atomic E-state index is -0.808. The maximum absolute atomic E-state index is 12.0. The molecule has 0 radical (unpaired) electrons. The number of hydrogen-bond donors (Lipinski definition) is 2. The minimum absolute atomic E-state index is 0.183. The highest BCUT2D eigenvalue weighted by molar-refractivity contribution is 7.71. The number of H-pyrrole nitrogens is 1. The molecule has 1 aromatic heterocycles. The van der Waals surface area contributed by atoms with E-state index in [2.05, 4.69) is 21.6 Å². The lowest BCUT2D eigenvalue weighted by Gasteiger charge is -2.33. The summed E-state index contributed by atoms with van der Waals surface area (Å²) < 4.78 is 2.57. The Morgan fingerprint density at radius 1 is 1.63 bits per heavy atom. The second kappa shape index (κ2) is 4.46. The van der Waals surface area contributed by atoms with E-state index in [1.54, 1.807) is 0 Å². The number of hydrogen-bond acceptors (Lipinski definition) is 4. The topological polar surface area (TPSA) is 86.5 Å². The molecule has 2 N–H and O–H groups in total. The van der Waals surface area contributed by atoms with E-state index in [9.17, 15) is 4.79 Å². The molecule has 0 bridgehead atoms. The van der Waals surface area contributed by atoms with Crippen LogP contribution in [0.3, 0.4) is 0 Å². The second-order valence-corrected chi connectivity index (χ2v) is 5.66. The fourth-order valence-corrected chi connectivity index (χ4v) is 2.72. The quantitative estimate of drug-likeness (QED) is 0.818. The number of nitriles is 1. The van der Waals surface area contributed by atoms with Crippen LogP contribution in [0, 0.1) is 21.5 Å². The third-order valence-electron chi connectivity index (χ3n) is 3.95. The lowest BCUT2D eigenvalue weighted by atomic mass is 9.69. The van der Waals surface area contributed by atoms with Crippen molar-refractivity contribution in [2.45, 2.75) is 44.7 Å². The lowest BCUT2D eigenvalue weighted by molar-refractivity contribution is -0.131. The maximum Gasteiger partial charge on any atom is 0.240 e. The van der Waals surface area contributed by atoms with Crippen molar-refractivity contribution in [2.75, 3.05) is 0 Å². The molecule has 7 heteroatoms. The Hall–Kier alpha value is -1.68. The normalized spacial score (nSPS) is 20.4. The molecule has 1 heterocycles. The van der Waals surface area contributed by atoms with Gasteiger partial charge in [0.1, 0.15) is 5.41 Å². The fraction of sp³-hybridized carbons (Fsp3) is 0.667. The smallest absolute Gasteiger partial charge is 0.240 e. The number of carbonyl (C=O) groups excluding carboxylic acids is 1. The van der Waals surface area contributed by atoms with Crippen LogP contribution in [0.4, 0.5) is 0 Å². The van der Waals surface area contributed by atoms with E-state index in [0.29, 0.717) is 30.2 Å². The third-order valence-corrected chi connectivity index (χ3v) is 4.24. The van der Waals surface area contributed by atoms with E-state index in [4.69, 9.17) is 17.5 Å². The summed E-state index contributed by atoms with van der Waals surface area (Å²) in [5.41, 5.74) is -0.808. The van der Waals surface area contributed by atoms with Gasteiger partial charge in [-0.1, -0.05) is 0 Å². The zero-order valence-electron chi connectivity index (χ0n) is 10.5. The van der Waals surface area contributed by atoms with Crippen LogP contribution in [0.1, 0.15) is 44.0 Å². The van der Waals surface area contributed by atoms with E-state index in [-0.39, 0.29) is 5.91 Å². The van der Waals surface area contributed by atoms with Crippen LogP contribution in [0.2, 0.25) is 0 Å². The van der Waals surface area contributed by atoms with Gasteiger partial charge in [-0.2, -0.15) is 10.4 Å². The fourth-order valence-electron chi connectivity index (χ4n) is 2.42. The average Bonchev–Trinajstić information content (AvgIpc) is 3.10. The number of aromatic amines is 1. The monoisotopic (exact) mass is 277 g/mol. The summed E-state index contributed by atoms with van der Waals surface area (Å²) in [6, 6.07) is 2.56. The van der Waals surface area contributed by atoms with Crippen LogP contribution < -0.4 is 5.32 Å². The average molecular weight is 277 g/mol. The Bertz CT molecular complexity index is 602.